The second kappa shape index (κ2) is 7.25. The third-order valence-corrected chi connectivity index (χ3v) is 3.22. The largest absolute Gasteiger partial charge is 0.480 e. The topological polar surface area (TPSA) is 98.7 Å². The highest BCUT2D eigenvalue weighted by Crippen LogP contribution is 2.21. The number of carbonyl (C=O) groups excluding carboxylic acids is 1. The fourth-order valence-electron chi connectivity index (χ4n) is 1.67. The number of aliphatic carboxylic acids is 1. The van der Waals surface area contributed by atoms with Crippen LogP contribution in [0.2, 0.25) is 0 Å². The Morgan fingerprint density at radius 3 is 2.55 bits per heavy atom. The van der Waals surface area contributed by atoms with Crippen molar-refractivity contribution in [2.45, 2.75) is 32.4 Å². The van der Waals surface area contributed by atoms with Crippen LogP contribution in [-0.4, -0.2) is 34.4 Å². The molecule has 0 radical (unpaired) electrons. The van der Waals surface area contributed by atoms with Gasteiger partial charge in [0.05, 0.1) is 6.10 Å². The molecule has 1 rings (SSSR count). The van der Waals surface area contributed by atoms with E-state index in [1.165, 1.54) is 6.92 Å². The Labute approximate surface area is 125 Å². The van der Waals surface area contributed by atoms with Crippen LogP contribution in [0.15, 0.2) is 22.7 Å². The highest BCUT2D eigenvalue weighted by Gasteiger charge is 2.25. The van der Waals surface area contributed by atoms with Gasteiger partial charge in [0.25, 0.3) is 0 Å². The van der Waals surface area contributed by atoms with E-state index in [4.69, 9.17) is 5.11 Å². The average molecular weight is 345 g/mol. The summed E-state index contributed by atoms with van der Waals surface area (Å²) in [5, 5.41) is 23.0. The van der Waals surface area contributed by atoms with Crippen LogP contribution in [0.1, 0.15) is 19.4 Å². The fraction of sp³-hybridized carbons (Fsp3) is 0.385. The molecular weight excluding hydrogens is 328 g/mol. The molecule has 7 heteroatoms. The van der Waals surface area contributed by atoms with E-state index in [9.17, 15) is 14.7 Å². The zero-order valence-electron chi connectivity index (χ0n) is 11.2. The lowest BCUT2D eigenvalue weighted by Crippen LogP contribution is -2.49. The minimum atomic E-state index is -1.35. The summed E-state index contributed by atoms with van der Waals surface area (Å²) in [5.41, 5.74) is 1.52. The lowest BCUT2D eigenvalue weighted by molar-refractivity contribution is -0.141. The van der Waals surface area contributed by atoms with E-state index in [2.05, 4.69) is 26.6 Å². The summed E-state index contributed by atoms with van der Waals surface area (Å²) >= 11 is 3.34. The van der Waals surface area contributed by atoms with Crippen molar-refractivity contribution < 1.29 is 19.8 Å². The number of carboxylic acid groups (broad SMARTS) is 1. The van der Waals surface area contributed by atoms with E-state index in [1.807, 2.05) is 13.0 Å². The van der Waals surface area contributed by atoms with E-state index < -0.39 is 24.1 Å². The first-order valence-electron chi connectivity index (χ1n) is 6.12. The van der Waals surface area contributed by atoms with Crippen molar-refractivity contribution in [2.24, 2.45) is 0 Å². The fourth-order valence-corrected chi connectivity index (χ4v) is 2.07. The molecule has 0 fully saturated rings. The molecule has 0 saturated heterocycles. The zero-order valence-corrected chi connectivity index (χ0v) is 12.8. The quantitative estimate of drug-likeness (QED) is 0.656. The number of halogens is 1. The lowest BCUT2D eigenvalue weighted by Gasteiger charge is -2.18. The van der Waals surface area contributed by atoms with Gasteiger partial charge in [-0.2, -0.15) is 0 Å². The summed E-state index contributed by atoms with van der Waals surface area (Å²) in [4.78, 5) is 22.7. The summed E-state index contributed by atoms with van der Waals surface area (Å²) in [6, 6.07) is 3.35. The van der Waals surface area contributed by atoms with E-state index in [0.717, 1.165) is 10.0 Å². The molecule has 4 N–H and O–H groups in total. The number of nitrogens with one attached hydrogen (secondary N) is 2. The maximum atomic E-state index is 11.8. The number of benzene rings is 1. The first-order chi connectivity index (χ1) is 9.35. The maximum Gasteiger partial charge on any atom is 0.328 e. The molecule has 0 saturated carbocycles. The molecule has 2 amide bonds. The predicted molar refractivity (Wildman–Crippen MR) is 78.8 cm³/mol. The Hall–Kier alpha value is -1.60. The van der Waals surface area contributed by atoms with Gasteiger partial charge in [0.2, 0.25) is 0 Å². The van der Waals surface area contributed by atoms with Crippen LogP contribution in [0.3, 0.4) is 0 Å². The third-order valence-electron chi connectivity index (χ3n) is 2.73. The van der Waals surface area contributed by atoms with Crippen molar-refractivity contribution in [2.75, 3.05) is 5.32 Å². The minimum absolute atomic E-state index is 0.600. The lowest BCUT2D eigenvalue weighted by atomic mass is 10.1. The number of carbonyl (C=O) groups is 2. The number of aryl methyl sites for hydroxylation is 1. The van der Waals surface area contributed by atoms with Gasteiger partial charge in [-0.15, -0.1) is 0 Å². The van der Waals surface area contributed by atoms with Gasteiger partial charge >= 0.3 is 12.0 Å². The molecule has 110 valence electrons. The monoisotopic (exact) mass is 344 g/mol. The molecule has 2 atom stereocenters. The molecular formula is C13H17BrN2O4. The number of rotatable bonds is 5. The van der Waals surface area contributed by atoms with E-state index in [0.29, 0.717) is 12.1 Å². The van der Waals surface area contributed by atoms with E-state index >= 15 is 0 Å². The number of hydrogen-bond acceptors (Lipinski definition) is 3. The molecule has 20 heavy (non-hydrogen) atoms. The van der Waals surface area contributed by atoms with Crippen LogP contribution in [0.5, 0.6) is 0 Å². The molecule has 0 bridgehead atoms. The SMILES string of the molecule is CCc1cc(Br)ccc1NC(=O)N[C@H](C(=O)O)[C@@H](C)O. The van der Waals surface area contributed by atoms with Crippen molar-refractivity contribution in [1.82, 2.24) is 5.32 Å². The molecule has 0 aliphatic rings. The van der Waals surface area contributed by atoms with Gasteiger partial charge in [0.1, 0.15) is 0 Å². The molecule has 0 aliphatic heterocycles. The Morgan fingerprint density at radius 1 is 1.40 bits per heavy atom. The summed E-state index contributed by atoms with van der Waals surface area (Å²) in [5.74, 6) is -1.29. The van der Waals surface area contributed by atoms with Crippen molar-refractivity contribution in [3.8, 4) is 0 Å². The van der Waals surface area contributed by atoms with Gasteiger partial charge in [-0.05, 0) is 37.1 Å². The van der Waals surface area contributed by atoms with Gasteiger partial charge in [-0.3, -0.25) is 0 Å². The Kier molecular flexibility index (Phi) is 5.97. The maximum absolute atomic E-state index is 11.8. The Balaban J connectivity index is 2.78. The van der Waals surface area contributed by atoms with Gasteiger partial charge in [0.15, 0.2) is 6.04 Å². The number of carboxylic acids is 1. The number of aliphatic hydroxyl groups excluding tert-OH is 1. The number of hydrogen-bond donors (Lipinski definition) is 4. The third kappa shape index (κ3) is 4.50. The molecule has 0 aromatic heterocycles. The Bertz CT molecular complexity index is 505. The number of urea groups is 1. The van der Waals surface area contributed by atoms with Crippen LogP contribution in [0.4, 0.5) is 10.5 Å². The number of aliphatic hydroxyl groups is 1. The first kappa shape index (κ1) is 16.5. The molecule has 6 nitrogen and oxygen atoms in total. The van der Waals surface area contributed by atoms with Crippen molar-refractivity contribution >= 4 is 33.6 Å². The van der Waals surface area contributed by atoms with E-state index in [-0.39, 0.29) is 0 Å². The number of anilines is 1. The van der Waals surface area contributed by atoms with E-state index in [1.54, 1.807) is 12.1 Å². The summed E-state index contributed by atoms with van der Waals surface area (Å²) < 4.78 is 0.896. The second-order valence-electron chi connectivity index (χ2n) is 4.31. The average Bonchev–Trinajstić information content (AvgIpc) is 2.37. The highest BCUT2D eigenvalue weighted by molar-refractivity contribution is 9.10. The van der Waals surface area contributed by atoms with Crippen molar-refractivity contribution in [3.05, 3.63) is 28.2 Å². The molecule has 0 unspecified atom stereocenters. The van der Waals surface area contributed by atoms with Crippen LogP contribution in [0, 0.1) is 0 Å². The summed E-state index contributed by atoms with van der Waals surface area (Å²) in [6.45, 7) is 3.25. The van der Waals surface area contributed by atoms with Crippen molar-refractivity contribution in [1.29, 1.82) is 0 Å². The molecule has 0 spiro atoms. The highest BCUT2D eigenvalue weighted by atomic mass is 79.9. The first-order valence-corrected chi connectivity index (χ1v) is 6.91. The zero-order chi connectivity index (χ0) is 15.3. The Morgan fingerprint density at radius 2 is 2.05 bits per heavy atom. The molecule has 0 aliphatic carbocycles. The smallest absolute Gasteiger partial charge is 0.328 e. The normalized spacial score (nSPS) is 13.4. The molecule has 0 heterocycles. The van der Waals surface area contributed by atoms with Crippen LogP contribution < -0.4 is 10.6 Å². The van der Waals surface area contributed by atoms with Crippen molar-refractivity contribution in [3.63, 3.8) is 0 Å². The second-order valence-corrected chi connectivity index (χ2v) is 5.23. The van der Waals surface area contributed by atoms with Crippen LogP contribution >= 0.6 is 15.9 Å². The predicted octanol–water partition coefficient (Wildman–Crippen LogP) is 1.97. The van der Waals surface area contributed by atoms with Gasteiger partial charge in [-0.1, -0.05) is 22.9 Å². The van der Waals surface area contributed by atoms with Gasteiger partial charge in [-0.25, -0.2) is 9.59 Å². The summed E-state index contributed by atoms with van der Waals surface area (Å²) in [6.07, 6.45) is -0.470. The van der Waals surface area contributed by atoms with Crippen LogP contribution in [0.25, 0.3) is 0 Å². The molecule has 1 aromatic carbocycles. The van der Waals surface area contributed by atoms with Gasteiger partial charge in [0, 0.05) is 10.2 Å². The van der Waals surface area contributed by atoms with Gasteiger partial charge < -0.3 is 20.8 Å². The van der Waals surface area contributed by atoms with Crippen LogP contribution in [-0.2, 0) is 11.2 Å². The summed E-state index contributed by atoms with van der Waals surface area (Å²) in [7, 11) is 0. The number of amides is 2. The minimum Gasteiger partial charge on any atom is -0.480 e. The molecule has 1 aromatic rings. The standard InChI is InChI=1S/C13H17BrN2O4/c1-3-8-6-9(14)4-5-10(8)15-13(20)16-11(7(2)17)12(18)19/h4-7,11,17H,3H2,1-2H3,(H,18,19)(H2,15,16,20)/t7-,11+/m1/s1.